The summed E-state index contributed by atoms with van der Waals surface area (Å²) in [5.74, 6) is 2.32. The van der Waals surface area contributed by atoms with Crippen LogP contribution in [0, 0.1) is 5.92 Å². The van der Waals surface area contributed by atoms with Gasteiger partial charge in [-0.15, -0.1) is 0 Å². The fraction of sp³-hybridized carbons (Fsp3) is 0.500. The SMILES string of the molecule is CCNC(=NCCCOCC1CCOC1)NCCc1ccc(OCc2ccccc2)cc1. The summed E-state index contributed by atoms with van der Waals surface area (Å²) in [6.45, 7) is 8.37. The van der Waals surface area contributed by atoms with Gasteiger partial charge in [-0.25, -0.2) is 0 Å². The van der Waals surface area contributed by atoms with Gasteiger partial charge >= 0.3 is 0 Å². The van der Waals surface area contributed by atoms with E-state index in [1.165, 1.54) is 11.1 Å². The molecule has 0 amide bonds. The van der Waals surface area contributed by atoms with Crippen LogP contribution in [0.2, 0.25) is 0 Å². The van der Waals surface area contributed by atoms with Gasteiger partial charge in [-0.3, -0.25) is 4.99 Å². The molecule has 1 atom stereocenters. The number of nitrogens with one attached hydrogen (secondary N) is 2. The van der Waals surface area contributed by atoms with E-state index in [0.717, 1.165) is 77.0 Å². The number of guanidine groups is 1. The highest BCUT2D eigenvalue weighted by Gasteiger charge is 2.15. The normalized spacial score (nSPS) is 16.2. The zero-order chi connectivity index (χ0) is 22.3. The second-order valence-corrected chi connectivity index (χ2v) is 8.01. The van der Waals surface area contributed by atoms with E-state index in [4.69, 9.17) is 14.2 Å². The van der Waals surface area contributed by atoms with Crippen LogP contribution in [0.1, 0.15) is 30.9 Å². The van der Waals surface area contributed by atoms with Crippen molar-refractivity contribution in [2.24, 2.45) is 10.9 Å². The van der Waals surface area contributed by atoms with Gasteiger partial charge in [0.2, 0.25) is 0 Å². The van der Waals surface area contributed by atoms with Crippen LogP contribution in [0.5, 0.6) is 5.75 Å². The molecule has 174 valence electrons. The molecule has 0 aromatic heterocycles. The van der Waals surface area contributed by atoms with E-state index in [0.29, 0.717) is 12.5 Å². The molecule has 6 heteroatoms. The first-order valence-electron chi connectivity index (χ1n) is 11.8. The Kier molecular flexibility index (Phi) is 10.9. The van der Waals surface area contributed by atoms with Crippen LogP contribution in [-0.4, -0.2) is 52.0 Å². The summed E-state index contributed by atoms with van der Waals surface area (Å²) in [5, 5.41) is 6.72. The van der Waals surface area contributed by atoms with Crippen LogP contribution >= 0.6 is 0 Å². The van der Waals surface area contributed by atoms with Gasteiger partial charge in [-0.1, -0.05) is 42.5 Å². The average molecular weight is 440 g/mol. The number of rotatable bonds is 13. The van der Waals surface area contributed by atoms with Crippen LogP contribution in [0.15, 0.2) is 59.6 Å². The molecule has 0 aliphatic carbocycles. The number of nitrogens with zero attached hydrogens (tertiary/aromatic N) is 1. The molecule has 6 nitrogen and oxygen atoms in total. The minimum absolute atomic E-state index is 0.571. The number of ether oxygens (including phenoxy) is 3. The van der Waals surface area contributed by atoms with Gasteiger partial charge in [0.1, 0.15) is 12.4 Å². The van der Waals surface area contributed by atoms with Crippen molar-refractivity contribution in [1.29, 1.82) is 0 Å². The van der Waals surface area contributed by atoms with E-state index in [1.54, 1.807) is 0 Å². The lowest BCUT2D eigenvalue weighted by molar-refractivity contribution is 0.0893. The molecule has 2 N–H and O–H groups in total. The summed E-state index contributed by atoms with van der Waals surface area (Å²) >= 11 is 0. The molecule has 1 aliphatic heterocycles. The van der Waals surface area contributed by atoms with Gasteiger partial charge in [0.15, 0.2) is 5.96 Å². The Hall–Kier alpha value is -2.57. The van der Waals surface area contributed by atoms with Crippen LogP contribution in [-0.2, 0) is 22.5 Å². The van der Waals surface area contributed by atoms with Crippen molar-refractivity contribution in [3.8, 4) is 5.75 Å². The molecule has 2 aromatic rings. The molecule has 0 spiro atoms. The minimum Gasteiger partial charge on any atom is -0.489 e. The Morgan fingerprint density at radius 2 is 1.91 bits per heavy atom. The van der Waals surface area contributed by atoms with E-state index in [-0.39, 0.29) is 0 Å². The second-order valence-electron chi connectivity index (χ2n) is 8.01. The third-order valence-electron chi connectivity index (χ3n) is 5.32. The van der Waals surface area contributed by atoms with Crippen molar-refractivity contribution in [3.05, 3.63) is 65.7 Å². The molecule has 0 saturated carbocycles. The molecule has 32 heavy (non-hydrogen) atoms. The fourth-order valence-corrected chi connectivity index (χ4v) is 3.48. The Balaban J connectivity index is 1.31. The Labute approximate surface area is 192 Å². The van der Waals surface area contributed by atoms with Crippen molar-refractivity contribution in [2.75, 3.05) is 46.1 Å². The van der Waals surface area contributed by atoms with Gasteiger partial charge in [-0.05, 0) is 49.4 Å². The van der Waals surface area contributed by atoms with Crippen LogP contribution in [0.3, 0.4) is 0 Å². The highest BCUT2D eigenvalue weighted by molar-refractivity contribution is 5.79. The lowest BCUT2D eigenvalue weighted by Gasteiger charge is -2.12. The molecule has 1 aliphatic rings. The van der Waals surface area contributed by atoms with Gasteiger partial charge < -0.3 is 24.8 Å². The smallest absolute Gasteiger partial charge is 0.191 e. The zero-order valence-electron chi connectivity index (χ0n) is 19.2. The van der Waals surface area contributed by atoms with E-state index in [1.807, 2.05) is 30.3 Å². The third-order valence-corrected chi connectivity index (χ3v) is 5.32. The maximum atomic E-state index is 5.86. The maximum Gasteiger partial charge on any atom is 0.191 e. The monoisotopic (exact) mass is 439 g/mol. The Morgan fingerprint density at radius 1 is 1.06 bits per heavy atom. The molecule has 3 rings (SSSR count). The molecule has 1 unspecified atom stereocenters. The summed E-state index contributed by atoms with van der Waals surface area (Å²) in [7, 11) is 0. The van der Waals surface area contributed by atoms with E-state index in [9.17, 15) is 0 Å². The highest BCUT2D eigenvalue weighted by Crippen LogP contribution is 2.14. The average Bonchev–Trinajstić information content (AvgIpc) is 3.35. The van der Waals surface area contributed by atoms with E-state index in [2.05, 4.69) is 46.8 Å². The van der Waals surface area contributed by atoms with Crippen LogP contribution in [0.25, 0.3) is 0 Å². The lowest BCUT2D eigenvalue weighted by atomic mass is 10.1. The third kappa shape index (κ3) is 9.28. The zero-order valence-corrected chi connectivity index (χ0v) is 19.2. The van der Waals surface area contributed by atoms with E-state index < -0.39 is 0 Å². The van der Waals surface area contributed by atoms with Crippen molar-refractivity contribution >= 4 is 5.96 Å². The first-order chi connectivity index (χ1) is 15.8. The molecule has 0 radical (unpaired) electrons. The van der Waals surface area contributed by atoms with Gasteiger partial charge in [0.25, 0.3) is 0 Å². The Morgan fingerprint density at radius 3 is 2.66 bits per heavy atom. The number of benzene rings is 2. The molecule has 2 aromatic carbocycles. The number of hydrogen-bond acceptors (Lipinski definition) is 4. The fourth-order valence-electron chi connectivity index (χ4n) is 3.48. The standard InChI is InChI=1S/C26H37N3O3/c1-2-27-26(28-15-6-17-30-19-24-14-18-31-20-24)29-16-13-22-9-11-25(12-10-22)32-21-23-7-4-3-5-8-23/h3-5,7-12,24H,2,6,13-21H2,1H3,(H2,27,28,29). The minimum atomic E-state index is 0.571. The van der Waals surface area contributed by atoms with Crippen LogP contribution in [0.4, 0.5) is 0 Å². The van der Waals surface area contributed by atoms with Gasteiger partial charge in [0.05, 0.1) is 13.2 Å². The molecular weight excluding hydrogens is 402 g/mol. The Bertz CT molecular complexity index is 775. The largest absolute Gasteiger partial charge is 0.489 e. The van der Waals surface area contributed by atoms with Crippen molar-refractivity contribution in [2.45, 2.75) is 32.8 Å². The summed E-state index contributed by atoms with van der Waals surface area (Å²) in [6.07, 6.45) is 2.97. The van der Waals surface area contributed by atoms with Gasteiger partial charge in [0, 0.05) is 38.8 Å². The summed E-state index contributed by atoms with van der Waals surface area (Å²) in [5.41, 5.74) is 2.44. The number of hydrogen-bond donors (Lipinski definition) is 2. The van der Waals surface area contributed by atoms with Crippen molar-refractivity contribution < 1.29 is 14.2 Å². The predicted octanol–water partition coefficient (Wildman–Crippen LogP) is 3.81. The summed E-state index contributed by atoms with van der Waals surface area (Å²) in [6, 6.07) is 18.5. The first-order valence-corrected chi connectivity index (χ1v) is 11.8. The summed E-state index contributed by atoms with van der Waals surface area (Å²) in [4.78, 5) is 4.65. The quantitative estimate of drug-likeness (QED) is 0.282. The molecular formula is C26H37N3O3. The molecule has 1 heterocycles. The highest BCUT2D eigenvalue weighted by atomic mass is 16.5. The summed E-state index contributed by atoms with van der Waals surface area (Å²) < 4.78 is 17.0. The van der Waals surface area contributed by atoms with E-state index >= 15 is 0 Å². The van der Waals surface area contributed by atoms with Crippen LogP contribution < -0.4 is 15.4 Å². The van der Waals surface area contributed by atoms with Gasteiger partial charge in [-0.2, -0.15) is 0 Å². The predicted molar refractivity (Wildman–Crippen MR) is 129 cm³/mol. The van der Waals surface area contributed by atoms with Crippen molar-refractivity contribution in [3.63, 3.8) is 0 Å². The molecule has 0 bridgehead atoms. The lowest BCUT2D eigenvalue weighted by Crippen LogP contribution is -2.38. The molecule has 1 fully saturated rings. The number of aliphatic imine (C=N–C) groups is 1. The van der Waals surface area contributed by atoms with Crippen molar-refractivity contribution in [1.82, 2.24) is 10.6 Å². The maximum absolute atomic E-state index is 5.86. The molecule has 1 saturated heterocycles. The topological polar surface area (TPSA) is 64.1 Å². The first kappa shape index (κ1) is 24.1. The second kappa shape index (κ2) is 14.5.